The Bertz CT molecular complexity index is 3320. The van der Waals surface area contributed by atoms with Crippen LogP contribution in [0.3, 0.4) is 0 Å². The molecule has 2 aliphatic heterocycles. The number of hydrogen-bond acceptors (Lipinski definition) is 3. The lowest BCUT2D eigenvalue weighted by Crippen LogP contribution is -2.60. The van der Waals surface area contributed by atoms with Crippen molar-refractivity contribution in [3.63, 3.8) is 0 Å². The van der Waals surface area contributed by atoms with Crippen molar-refractivity contribution in [3.05, 3.63) is 161 Å². The van der Waals surface area contributed by atoms with Gasteiger partial charge in [-0.25, -0.2) is 0 Å². The molecule has 11 rings (SSSR count). The van der Waals surface area contributed by atoms with Gasteiger partial charge in [0.15, 0.2) is 0 Å². The Morgan fingerprint density at radius 1 is 0.522 bits per heavy atom. The van der Waals surface area contributed by atoms with E-state index in [1.165, 1.54) is 128 Å². The van der Waals surface area contributed by atoms with Crippen LogP contribution < -0.4 is 25.5 Å². The van der Waals surface area contributed by atoms with E-state index in [9.17, 15) is 0 Å². The zero-order valence-electron chi connectivity index (χ0n) is 42.4. The van der Waals surface area contributed by atoms with E-state index < -0.39 is 0 Å². The summed E-state index contributed by atoms with van der Waals surface area (Å²) in [7, 11) is 0. The third-order valence-corrected chi connectivity index (χ3v) is 17.0. The van der Waals surface area contributed by atoms with E-state index in [2.05, 4.69) is 234 Å². The molecule has 0 radical (unpaired) electrons. The molecule has 1 aliphatic carbocycles. The van der Waals surface area contributed by atoms with Crippen LogP contribution in [0.5, 0.6) is 0 Å². The molecule has 3 heterocycles. The van der Waals surface area contributed by atoms with Gasteiger partial charge in [0.1, 0.15) is 0 Å². The number of thiophene rings is 1. The maximum Gasteiger partial charge on any atom is 0.264 e. The van der Waals surface area contributed by atoms with Gasteiger partial charge >= 0.3 is 0 Å². The van der Waals surface area contributed by atoms with Crippen molar-refractivity contribution in [1.82, 2.24) is 0 Å². The molecule has 0 amide bonds. The number of fused-ring (bicyclic) bond motifs is 8. The second kappa shape index (κ2) is 14.7. The summed E-state index contributed by atoms with van der Waals surface area (Å²) in [6, 6.07) is 50.3. The van der Waals surface area contributed by atoms with E-state index in [-0.39, 0.29) is 33.8 Å². The van der Waals surface area contributed by atoms with Crippen LogP contribution in [-0.2, 0) is 27.1 Å². The van der Waals surface area contributed by atoms with Crippen LogP contribution in [0.2, 0.25) is 0 Å². The number of anilines is 6. The molecule has 67 heavy (non-hydrogen) atoms. The van der Waals surface area contributed by atoms with Crippen molar-refractivity contribution in [2.24, 2.45) is 0 Å². The fourth-order valence-electron chi connectivity index (χ4n) is 11.6. The van der Waals surface area contributed by atoms with Crippen molar-refractivity contribution in [3.8, 4) is 11.1 Å². The summed E-state index contributed by atoms with van der Waals surface area (Å²) >= 11 is 2.04. The number of rotatable bonds is 3. The third kappa shape index (κ3) is 7.02. The maximum absolute atomic E-state index is 2.66. The summed E-state index contributed by atoms with van der Waals surface area (Å²) in [5.74, 6) is 0. The molecular weight excluding hydrogens is 828 g/mol. The highest BCUT2D eigenvalue weighted by molar-refractivity contribution is 7.33. The predicted octanol–water partition coefficient (Wildman–Crippen LogP) is 16.4. The number of nitrogens with zero attached hydrogens (tertiary/aromatic N) is 2. The van der Waals surface area contributed by atoms with Gasteiger partial charge < -0.3 is 9.80 Å². The second-order valence-corrected chi connectivity index (χ2v) is 25.7. The Labute approximate surface area is 405 Å². The molecular formula is C63H67BN2S. The molecule has 8 aromatic rings. The molecule has 0 spiro atoms. The van der Waals surface area contributed by atoms with Gasteiger partial charge in [0, 0.05) is 43.2 Å². The van der Waals surface area contributed by atoms with Crippen LogP contribution in [0.25, 0.3) is 32.0 Å². The highest BCUT2D eigenvalue weighted by Gasteiger charge is 2.47. The molecule has 7 aromatic carbocycles. The van der Waals surface area contributed by atoms with Gasteiger partial charge in [-0.3, -0.25) is 0 Å². The van der Waals surface area contributed by atoms with Gasteiger partial charge in [-0.1, -0.05) is 157 Å². The highest BCUT2D eigenvalue weighted by atomic mass is 32.1. The molecule has 0 saturated carbocycles. The topological polar surface area (TPSA) is 6.48 Å². The Balaban J connectivity index is 1.25. The van der Waals surface area contributed by atoms with Crippen LogP contribution in [0.4, 0.5) is 34.1 Å². The summed E-state index contributed by atoms with van der Waals surface area (Å²) in [4.78, 5) is 5.32. The van der Waals surface area contributed by atoms with E-state index in [1.807, 2.05) is 11.3 Å². The third-order valence-electron chi connectivity index (χ3n) is 15.8. The highest BCUT2D eigenvalue weighted by Crippen LogP contribution is 2.53. The van der Waals surface area contributed by atoms with Crippen LogP contribution in [0.1, 0.15) is 136 Å². The lowest BCUT2D eigenvalue weighted by Gasteiger charge is -2.44. The summed E-state index contributed by atoms with van der Waals surface area (Å²) in [5, 5.41) is 3.90. The minimum Gasteiger partial charge on any atom is -0.311 e. The van der Waals surface area contributed by atoms with Crippen molar-refractivity contribution in [1.29, 1.82) is 0 Å². The Hall–Kier alpha value is -5.58. The van der Waals surface area contributed by atoms with Crippen molar-refractivity contribution in [2.45, 2.75) is 137 Å². The van der Waals surface area contributed by atoms with E-state index in [0.717, 1.165) is 0 Å². The first-order valence-electron chi connectivity index (χ1n) is 24.7. The van der Waals surface area contributed by atoms with Crippen molar-refractivity contribution in [2.75, 3.05) is 9.80 Å². The second-order valence-electron chi connectivity index (χ2n) is 24.7. The number of benzene rings is 7. The zero-order chi connectivity index (χ0) is 47.3. The molecule has 0 unspecified atom stereocenters. The molecule has 3 aliphatic rings. The standard InChI is InChI=1S/C63H67BN2S/c1-38-31-53-56-54(32-38)66(51-28-24-43(60(5,6)7)34-46(51)41-20-19-39-17-15-16-18-40(39)33-41)52-35-44(61(8,9)10)23-27-50(52)64(56)58-57(65(53)45-25-21-42(22-26-45)59(2,3)4)47-36-48-49(37-55(47)67-58)63(13,14)30-29-62(48,11)12/h15-28,31-37H,29-30H2,1-14H3. The first-order chi connectivity index (χ1) is 31.5. The normalized spacial score (nSPS) is 16.2. The van der Waals surface area contributed by atoms with E-state index in [1.54, 1.807) is 0 Å². The van der Waals surface area contributed by atoms with E-state index in [4.69, 9.17) is 0 Å². The Morgan fingerprint density at radius 2 is 1.10 bits per heavy atom. The van der Waals surface area contributed by atoms with Crippen LogP contribution >= 0.6 is 11.3 Å². The Morgan fingerprint density at radius 3 is 1.76 bits per heavy atom. The van der Waals surface area contributed by atoms with E-state index in [0.29, 0.717) is 0 Å². The van der Waals surface area contributed by atoms with Gasteiger partial charge in [0.25, 0.3) is 6.71 Å². The first kappa shape index (κ1) is 44.0. The molecule has 0 N–H and O–H groups in total. The monoisotopic (exact) mass is 895 g/mol. The smallest absolute Gasteiger partial charge is 0.264 e. The molecule has 0 fully saturated rings. The molecule has 0 atom stereocenters. The fourth-order valence-corrected chi connectivity index (χ4v) is 12.9. The van der Waals surface area contributed by atoms with Gasteiger partial charge in [-0.05, 0) is 168 Å². The lowest BCUT2D eigenvalue weighted by atomic mass is 9.36. The SMILES string of the molecule is Cc1cc2c3c(c1)N(c1ccc(C(C)(C)C)cc1)c1c(sc4cc5c(cc14)C(C)(C)CCC5(C)C)B3c1ccc(C(C)(C)C)cc1N2c1ccc(C(C)(C)C)cc1-c1ccc2ccccc2c1. The molecule has 4 heteroatoms. The van der Waals surface area contributed by atoms with Gasteiger partial charge in [0.2, 0.25) is 0 Å². The largest absolute Gasteiger partial charge is 0.311 e. The summed E-state index contributed by atoms with van der Waals surface area (Å²) in [6.07, 6.45) is 2.39. The summed E-state index contributed by atoms with van der Waals surface area (Å²) in [5.41, 5.74) is 21.4. The van der Waals surface area contributed by atoms with Gasteiger partial charge in [-0.15, -0.1) is 11.3 Å². The fraction of sp³-hybridized carbons (Fsp3) is 0.333. The summed E-state index contributed by atoms with van der Waals surface area (Å²) < 4.78 is 2.83. The van der Waals surface area contributed by atoms with Crippen LogP contribution in [-0.4, -0.2) is 6.71 Å². The molecule has 338 valence electrons. The number of hydrogen-bond donors (Lipinski definition) is 0. The average Bonchev–Trinajstić information content (AvgIpc) is 3.64. The van der Waals surface area contributed by atoms with Gasteiger partial charge in [-0.2, -0.15) is 0 Å². The quantitative estimate of drug-likeness (QED) is 0.163. The van der Waals surface area contributed by atoms with E-state index >= 15 is 0 Å². The molecule has 1 aromatic heterocycles. The lowest BCUT2D eigenvalue weighted by molar-refractivity contribution is 0.332. The average molecular weight is 895 g/mol. The predicted molar refractivity (Wildman–Crippen MR) is 295 cm³/mol. The minimum absolute atomic E-state index is 0.0266. The van der Waals surface area contributed by atoms with Crippen molar-refractivity contribution < 1.29 is 0 Å². The van der Waals surface area contributed by atoms with Crippen molar-refractivity contribution >= 4 is 88.7 Å². The van der Waals surface area contributed by atoms with Crippen LogP contribution in [0, 0.1) is 6.92 Å². The van der Waals surface area contributed by atoms with Gasteiger partial charge in [0.05, 0.1) is 11.4 Å². The summed E-state index contributed by atoms with van der Waals surface area (Å²) in [6.45, 7) is 33.3. The zero-order valence-corrected chi connectivity index (χ0v) is 43.2. The number of aryl methyl sites for hydroxylation is 1. The molecule has 2 nitrogen and oxygen atoms in total. The van der Waals surface area contributed by atoms with Crippen LogP contribution in [0.15, 0.2) is 127 Å². The molecule has 0 saturated heterocycles. The Kier molecular flexibility index (Phi) is 9.65. The minimum atomic E-state index is -0.0416. The first-order valence-corrected chi connectivity index (χ1v) is 25.6. The molecule has 0 bridgehead atoms. The maximum atomic E-state index is 2.66.